The Hall–Kier alpha value is -0.760. The van der Waals surface area contributed by atoms with Crippen molar-refractivity contribution in [2.75, 3.05) is 6.61 Å². The fourth-order valence-electron chi connectivity index (χ4n) is 1.82. The molecule has 0 bridgehead atoms. The standard InChI is InChI=1S/C12H21NO/c1-9(2)11-6-5-7-13(11)12(8-14)10(3)4/h5-7,9-10,12,14H,8H2,1-4H3. The van der Waals surface area contributed by atoms with Gasteiger partial charge in [-0.15, -0.1) is 0 Å². The highest BCUT2D eigenvalue weighted by Crippen LogP contribution is 2.24. The number of hydrogen-bond donors (Lipinski definition) is 1. The lowest BCUT2D eigenvalue weighted by atomic mass is 10.0. The van der Waals surface area contributed by atoms with E-state index in [9.17, 15) is 5.11 Å². The van der Waals surface area contributed by atoms with E-state index in [1.807, 2.05) is 0 Å². The minimum Gasteiger partial charge on any atom is -0.394 e. The van der Waals surface area contributed by atoms with Gasteiger partial charge in [-0.1, -0.05) is 27.7 Å². The molecule has 2 heteroatoms. The normalized spacial score (nSPS) is 13.9. The van der Waals surface area contributed by atoms with E-state index < -0.39 is 0 Å². The van der Waals surface area contributed by atoms with E-state index >= 15 is 0 Å². The lowest BCUT2D eigenvalue weighted by Crippen LogP contribution is -2.20. The third-order valence-corrected chi connectivity index (χ3v) is 2.72. The Morgan fingerprint density at radius 2 is 1.93 bits per heavy atom. The Morgan fingerprint density at radius 1 is 1.29 bits per heavy atom. The lowest BCUT2D eigenvalue weighted by Gasteiger charge is -2.24. The number of rotatable bonds is 4. The largest absolute Gasteiger partial charge is 0.394 e. The van der Waals surface area contributed by atoms with Gasteiger partial charge in [0, 0.05) is 11.9 Å². The summed E-state index contributed by atoms with van der Waals surface area (Å²) in [4.78, 5) is 0. The summed E-state index contributed by atoms with van der Waals surface area (Å²) in [6.07, 6.45) is 2.07. The third kappa shape index (κ3) is 2.18. The lowest BCUT2D eigenvalue weighted by molar-refractivity contribution is 0.190. The van der Waals surface area contributed by atoms with Crippen LogP contribution < -0.4 is 0 Å². The van der Waals surface area contributed by atoms with E-state index in [0.29, 0.717) is 11.8 Å². The van der Waals surface area contributed by atoms with Gasteiger partial charge in [0.05, 0.1) is 12.6 Å². The molecule has 1 unspecified atom stereocenters. The SMILES string of the molecule is CC(C)c1cccn1C(CO)C(C)C. The van der Waals surface area contributed by atoms with Crippen molar-refractivity contribution >= 4 is 0 Å². The predicted octanol–water partition coefficient (Wildman–Crippen LogP) is 2.80. The fourth-order valence-corrected chi connectivity index (χ4v) is 1.82. The van der Waals surface area contributed by atoms with Gasteiger partial charge in [0.25, 0.3) is 0 Å². The molecule has 1 heterocycles. The van der Waals surface area contributed by atoms with Gasteiger partial charge < -0.3 is 9.67 Å². The molecule has 0 amide bonds. The molecule has 0 spiro atoms. The molecule has 0 aliphatic heterocycles. The molecule has 14 heavy (non-hydrogen) atoms. The van der Waals surface area contributed by atoms with Crippen LogP contribution in [0, 0.1) is 5.92 Å². The average Bonchev–Trinajstić information content (AvgIpc) is 2.53. The van der Waals surface area contributed by atoms with Crippen LogP contribution in [0.3, 0.4) is 0 Å². The molecule has 0 aliphatic carbocycles. The van der Waals surface area contributed by atoms with Crippen molar-refractivity contribution in [1.29, 1.82) is 0 Å². The summed E-state index contributed by atoms with van der Waals surface area (Å²) in [6.45, 7) is 8.86. The van der Waals surface area contributed by atoms with Gasteiger partial charge in [0.1, 0.15) is 0 Å². The molecule has 80 valence electrons. The maximum atomic E-state index is 9.35. The second-order valence-corrected chi connectivity index (χ2v) is 4.49. The van der Waals surface area contributed by atoms with Crippen molar-refractivity contribution < 1.29 is 5.11 Å². The van der Waals surface area contributed by atoms with Crippen LogP contribution in [0.15, 0.2) is 18.3 Å². The quantitative estimate of drug-likeness (QED) is 0.785. The zero-order chi connectivity index (χ0) is 10.7. The smallest absolute Gasteiger partial charge is 0.0641 e. The zero-order valence-corrected chi connectivity index (χ0v) is 9.57. The van der Waals surface area contributed by atoms with Crippen LogP contribution in [-0.2, 0) is 0 Å². The number of aliphatic hydroxyl groups excluding tert-OH is 1. The number of aromatic nitrogens is 1. The minimum atomic E-state index is 0.211. The molecular formula is C12H21NO. The van der Waals surface area contributed by atoms with Gasteiger partial charge in [0.2, 0.25) is 0 Å². The van der Waals surface area contributed by atoms with Crippen molar-refractivity contribution in [2.45, 2.75) is 39.7 Å². The molecule has 1 aromatic heterocycles. The van der Waals surface area contributed by atoms with Crippen LogP contribution in [0.25, 0.3) is 0 Å². The van der Waals surface area contributed by atoms with E-state index in [0.717, 1.165) is 0 Å². The number of hydrogen-bond acceptors (Lipinski definition) is 1. The van der Waals surface area contributed by atoms with E-state index in [2.05, 4.69) is 50.6 Å². The highest BCUT2D eigenvalue weighted by molar-refractivity contribution is 5.12. The van der Waals surface area contributed by atoms with E-state index in [1.54, 1.807) is 0 Å². The van der Waals surface area contributed by atoms with Gasteiger partial charge in [0.15, 0.2) is 0 Å². The number of nitrogens with zero attached hydrogens (tertiary/aromatic N) is 1. The Labute approximate surface area is 86.6 Å². The highest BCUT2D eigenvalue weighted by Gasteiger charge is 2.17. The van der Waals surface area contributed by atoms with Crippen molar-refractivity contribution in [3.63, 3.8) is 0 Å². The van der Waals surface area contributed by atoms with Gasteiger partial charge >= 0.3 is 0 Å². The summed E-state index contributed by atoms with van der Waals surface area (Å²) in [7, 11) is 0. The molecular weight excluding hydrogens is 174 g/mol. The molecule has 1 rings (SSSR count). The van der Waals surface area contributed by atoms with Crippen LogP contribution in [0.1, 0.15) is 45.3 Å². The predicted molar refractivity (Wildman–Crippen MR) is 59.5 cm³/mol. The molecule has 0 saturated carbocycles. The third-order valence-electron chi connectivity index (χ3n) is 2.72. The molecule has 0 aromatic carbocycles. The van der Waals surface area contributed by atoms with Crippen LogP contribution >= 0.6 is 0 Å². The summed E-state index contributed by atoms with van der Waals surface area (Å²) in [5.74, 6) is 0.975. The first kappa shape index (κ1) is 11.3. The molecule has 2 nitrogen and oxygen atoms in total. The summed E-state index contributed by atoms with van der Waals surface area (Å²) in [6, 6.07) is 4.40. The summed E-state index contributed by atoms with van der Waals surface area (Å²) < 4.78 is 2.20. The molecule has 1 atom stereocenters. The van der Waals surface area contributed by atoms with Gasteiger partial charge in [-0.3, -0.25) is 0 Å². The van der Waals surface area contributed by atoms with Crippen LogP contribution in [0.4, 0.5) is 0 Å². The zero-order valence-electron chi connectivity index (χ0n) is 9.57. The topological polar surface area (TPSA) is 25.2 Å². The van der Waals surface area contributed by atoms with E-state index in [4.69, 9.17) is 0 Å². The van der Waals surface area contributed by atoms with Crippen molar-refractivity contribution in [1.82, 2.24) is 4.57 Å². The maximum absolute atomic E-state index is 9.35. The number of aliphatic hydroxyl groups is 1. The van der Waals surface area contributed by atoms with Crippen molar-refractivity contribution in [2.24, 2.45) is 5.92 Å². The summed E-state index contributed by atoms with van der Waals surface area (Å²) in [5, 5.41) is 9.35. The van der Waals surface area contributed by atoms with Crippen molar-refractivity contribution in [3.8, 4) is 0 Å². The molecule has 1 aromatic rings. The maximum Gasteiger partial charge on any atom is 0.0641 e. The summed E-state index contributed by atoms with van der Waals surface area (Å²) >= 11 is 0. The fraction of sp³-hybridized carbons (Fsp3) is 0.667. The first-order chi connectivity index (χ1) is 6.57. The second-order valence-electron chi connectivity index (χ2n) is 4.49. The minimum absolute atomic E-state index is 0.211. The molecule has 0 saturated heterocycles. The Morgan fingerprint density at radius 3 is 2.36 bits per heavy atom. The first-order valence-electron chi connectivity index (χ1n) is 5.35. The Kier molecular flexibility index (Phi) is 3.76. The van der Waals surface area contributed by atoms with Gasteiger partial charge in [-0.2, -0.15) is 0 Å². The molecule has 0 aliphatic rings. The van der Waals surface area contributed by atoms with Crippen LogP contribution in [0.2, 0.25) is 0 Å². The molecule has 1 N–H and O–H groups in total. The Bertz CT molecular complexity index is 276. The first-order valence-corrected chi connectivity index (χ1v) is 5.35. The molecule has 0 radical (unpaired) electrons. The molecule has 0 fully saturated rings. The van der Waals surface area contributed by atoms with Crippen molar-refractivity contribution in [3.05, 3.63) is 24.0 Å². The van der Waals surface area contributed by atoms with Gasteiger partial charge in [-0.25, -0.2) is 0 Å². The van der Waals surface area contributed by atoms with Crippen LogP contribution in [-0.4, -0.2) is 16.3 Å². The van der Waals surface area contributed by atoms with E-state index in [-0.39, 0.29) is 12.6 Å². The highest BCUT2D eigenvalue weighted by atomic mass is 16.3. The van der Waals surface area contributed by atoms with E-state index in [1.165, 1.54) is 5.69 Å². The summed E-state index contributed by atoms with van der Waals surface area (Å²) in [5.41, 5.74) is 1.30. The monoisotopic (exact) mass is 195 g/mol. The van der Waals surface area contributed by atoms with Crippen LogP contribution in [0.5, 0.6) is 0 Å². The second kappa shape index (κ2) is 4.65. The van der Waals surface area contributed by atoms with Gasteiger partial charge in [-0.05, 0) is 24.0 Å². The average molecular weight is 195 g/mol. The Balaban J connectivity index is 2.97.